The summed E-state index contributed by atoms with van der Waals surface area (Å²) in [5.74, 6) is 0.130. The lowest BCUT2D eigenvalue weighted by molar-refractivity contribution is -0.000448. The van der Waals surface area contributed by atoms with Crippen molar-refractivity contribution in [3.63, 3.8) is 0 Å². The second kappa shape index (κ2) is 5.82. The average molecular weight is 202 g/mol. The number of rotatable bonds is 5. The van der Waals surface area contributed by atoms with Gasteiger partial charge in [-0.3, -0.25) is 0 Å². The van der Waals surface area contributed by atoms with Crippen LogP contribution in [0.5, 0.6) is 0 Å². The maximum atomic E-state index is 8.48. The van der Waals surface area contributed by atoms with Gasteiger partial charge < -0.3 is 20.4 Å². The third-order valence-electron chi connectivity index (χ3n) is 2.32. The number of nitrogens with two attached hydrogens (primary N) is 1. The van der Waals surface area contributed by atoms with Crippen LogP contribution < -0.4 is 5.73 Å². The molecule has 0 spiro atoms. The zero-order valence-electron chi connectivity index (χ0n) is 8.48. The summed E-state index contributed by atoms with van der Waals surface area (Å²) in [7, 11) is 0. The molecule has 2 atom stereocenters. The van der Waals surface area contributed by atoms with Gasteiger partial charge in [-0.05, 0) is 19.3 Å². The first-order valence-electron chi connectivity index (χ1n) is 4.98. The molecule has 0 radical (unpaired) electrons. The van der Waals surface area contributed by atoms with Gasteiger partial charge in [-0.15, -0.1) is 0 Å². The molecule has 2 unspecified atom stereocenters. The van der Waals surface area contributed by atoms with Crippen molar-refractivity contribution in [2.75, 3.05) is 13.2 Å². The minimum Gasteiger partial charge on any atom is -0.409 e. The SMILES string of the molecule is CCC(OCC1CCCO1)C(N)=NO. The van der Waals surface area contributed by atoms with Crippen molar-refractivity contribution in [3.8, 4) is 0 Å². The number of hydrogen-bond donors (Lipinski definition) is 2. The zero-order valence-corrected chi connectivity index (χ0v) is 8.48. The number of ether oxygens (including phenoxy) is 2. The van der Waals surface area contributed by atoms with Gasteiger partial charge in [0.15, 0.2) is 5.84 Å². The Kier molecular flexibility index (Phi) is 4.69. The summed E-state index contributed by atoms with van der Waals surface area (Å²) in [5, 5.41) is 11.4. The predicted octanol–water partition coefficient (Wildman–Crippen LogP) is 0.707. The molecule has 0 aromatic rings. The van der Waals surface area contributed by atoms with Crippen LogP contribution in [-0.4, -0.2) is 36.5 Å². The molecular weight excluding hydrogens is 184 g/mol. The number of nitrogens with zero attached hydrogens (tertiary/aromatic N) is 1. The van der Waals surface area contributed by atoms with Crippen LogP contribution in [0.15, 0.2) is 5.16 Å². The molecule has 14 heavy (non-hydrogen) atoms. The van der Waals surface area contributed by atoms with Crippen LogP contribution in [0.4, 0.5) is 0 Å². The van der Waals surface area contributed by atoms with Crippen molar-refractivity contribution in [2.45, 2.75) is 38.4 Å². The first kappa shape index (κ1) is 11.3. The van der Waals surface area contributed by atoms with E-state index in [2.05, 4.69) is 5.16 Å². The van der Waals surface area contributed by atoms with E-state index in [9.17, 15) is 0 Å². The molecule has 82 valence electrons. The Labute approximate surface area is 83.9 Å². The number of hydrogen-bond acceptors (Lipinski definition) is 4. The fraction of sp³-hybridized carbons (Fsp3) is 0.889. The molecule has 5 nitrogen and oxygen atoms in total. The van der Waals surface area contributed by atoms with Crippen LogP contribution >= 0.6 is 0 Å². The highest BCUT2D eigenvalue weighted by Gasteiger charge is 2.19. The molecule has 0 aliphatic carbocycles. The fourth-order valence-electron chi connectivity index (χ4n) is 1.48. The molecule has 3 N–H and O–H groups in total. The Balaban J connectivity index is 2.26. The van der Waals surface area contributed by atoms with Gasteiger partial charge in [0.25, 0.3) is 0 Å². The van der Waals surface area contributed by atoms with E-state index in [1.807, 2.05) is 6.92 Å². The summed E-state index contributed by atoms with van der Waals surface area (Å²) in [5.41, 5.74) is 5.45. The van der Waals surface area contributed by atoms with E-state index in [4.69, 9.17) is 20.4 Å². The molecule has 1 aliphatic rings. The van der Waals surface area contributed by atoms with Crippen molar-refractivity contribution >= 4 is 5.84 Å². The van der Waals surface area contributed by atoms with E-state index >= 15 is 0 Å². The largest absolute Gasteiger partial charge is 0.409 e. The third kappa shape index (κ3) is 3.16. The van der Waals surface area contributed by atoms with Crippen LogP contribution in [0.2, 0.25) is 0 Å². The molecule has 1 fully saturated rings. The smallest absolute Gasteiger partial charge is 0.168 e. The van der Waals surface area contributed by atoms with Crippen LogP contribution in [0, 0.1) is 0 Å². The monoisotopic (exact) mass is 202 g/mol. The molecule has 0 amide bonds. The third-order valence-corrected chi connectivity index (χ3v) is 2.32. The molecule has 0 bridgehead atoms. The molecule has 1 aliphatic heterocycles. The Morgan fingerprint density at radius 3 is 3.07 bits per heavy atom. The lowest BCUT2D eigenvalue weighted by atomic mass is 10.2. The molecule has 1 rings (SSSR count). The molecule has 5 heteroatoms. The maximum absolute atomic E-state index is 8.48. The van der Waals surface area contributed by atoms with E-state index in [1.165, 1.54) is 0 Å². The fourth-order valence-corrected chi connectivity index (χ4v) is 1.48. The van der Waals surface area contributed by atoms with Crippen LogP contribution in [0.1, 0.15) is 26.2 Å². The van der Waals surface area contributed by atoms with Crippen molar-refractivity contribution < 1.29 is 14.7 Å². The Bertz CT molecular complexity index is 190. The molecule has 0 aromatic heterocycles. The predicted molar refractivity (Wildman–Crippen MR) is 52.4 cm³/mol. The lowest BCUT2D eigenvalue weighted by Gasteiger charge is -2.17. The molecule has 1 saturated heterocycles. The van der Waals surface area contributed by atoms with Crippen LogP contribution in [0.25, 0.3) is 0 Å². The van der Waals surface area contributed by atoms with Crippen LogP contribution in [0.3, 0.4) is 0 Å². The summed E-state index contributed by atoms with van der Waals surface area (Å²) < 4.78 is 10.9. The first-order valence-corrected chi connectivity index (χ1v) is 4.98. The van der Waals surface area contributed by atoms with Crippen molar-refractivity contribution in [3.05, 3.63) is 0 Å². The van der Waals surface area contributed by atoms with E-state index < -0.39 is 0 Å². The summed E-state index contributed by atoms with van der Waals surface area (Å²) in [6, 6.07) is 0. The molecule has 0 aromatic carbocycles. The van der Waals surface area contributed by atoms with Crippen molar-refractivity contribution in [2.24, 2.45) is 10.9 Å². The normalized spacial score (nSPS) is 25.2. The summed E-state index contributed by atoms with van der Waals surface area (Å²) >= 11 is 0. The van der Waals surface area contributed by atoms with Crippen LogP contribution in [-0.2, 0) is 9.47 Å². The molecular formula is C9H18N2O3. The van der Waals surface area contributed by atoms with Gasteiger partial charge in [0, 0.05) is 6.61 Å². The van der Waals surface area contributed by atoms with E-state index in [0.29, 0.717) is 13.0 Å². The number of oxime groups is 1. The quantitative estimate of drug-likeness (QED) is 0.298. The van der Waals surface area contributed by atoms with Gasteiger partial charge in [-0.25, -0.2) is 0 Å². The minimum absolute atomic E-state index is 0.130. The number of amidine groups is 1. The van der Waals surface area contributed by atoms with Gasteiger partial charge in [0.1, 0.15) is 6.10 Å². The lowest BCUT2D eigenvalue weighted by Crippen LogP contribution is -2.33. The average Bonchev–Trinajstić information content (AvgIpc) is 2.71. The zero-order chi connectivity index (χ0) is 10.4. The maximum Gasteiger partial charge on any atom is 0.168 e. The van der Waals surface area contributed by atoms with E-state index in [1.54, 1.807) is 0 Å². The van der Waals surface area contributed by atoms with Gasteiger partial charge in [-0.1, -0.05) is 12.1 Å². The van der Waals surface area contributed by atoms with Gasteiger partial charge in [0.05, 0.1) is 12.7 Å². The van der Waals surface area contributed by atoms with Crippen molar-refractivity contribution in [1.29, 1.82) is 0 Å². The Morgan fingerprint density at radius 1 is 1.79 bits per heavy atom. The second-order valence-corrected chi connectivity index (χ2v) is 3.39. The summed E-state index contributed by atoms with van der Waals surface area (Å²) in [4.78, 5) is 0. The summed E-state index contributed by atoms with van der Waals surface area (Å²) in [6.45, 7) is 3.27. The molecule has 0 saturated carbocycles. The highest BCUT2D eigenvalue weighted by molar-refractivity contribution is 5.84. The van der Waals surface area contributed by atoms with Gasteiger partial charge in [-0.2, -0.15) is 0 Å². The highest BCUT2D eigenvalue weighted by Crippen LogP contribution is 2.13. The highest BCUT2D eigenvalue weighted by atomic mass is 16.5. The topological polar surface area (TPSA) is 77.1 Å². The van der Waals surface area contributed by atoms with Gasteiger partial charge >= 0.3 is 0 Å². The minimum atomic E-state index is -0.302. The molecule has 1 heterocycles. The first-order chi connectivity index (χ1) is 6.77. The second-order valence-electron chi connectivity index (χ2n) is 3.39. The van der Waals surface area contributed by atoms with E-state index in [0.717, 1.165) is 19.4 Å². The van der Waals surface area contributed by atoms with Gasteiger partial charge in [0.2, 0.25) is 0 Å². The summed E-state index contributed by atoms with van der Waals surface area (Å²) in [6.07, 6.45) is 2.70. The van der Waals surface area contributed by atoms with Crippen molar-refractivity contribution in [1.82, 2.24) is 0 Å². The Hall–Kier alpha value is -0.810. The van der Waals surface area contributed by atoms with E-state index in [-0.39, 0.29) is 18.0 Å². The standard InChI is InChI=1S/C9H18N2O3/c1-2-8(9(10)11-12)14-6-7-4-3-5-13-7/h7-8,12H,2-6H2,1H3,(H2,10,11). The Morgan fingerprint density at radius 2 is 2.57 bits per heavy atom.